The van der Waals surface area contributed by atoms with Gasteiger partial charge in [-0.2, -0.15) is 0 Å². The number of hydrogen-bond acceptors (Lipinski definition) is 2. The minimum Gasteiger partial charge on any atom is -0.380 e. The maximum Gasteiger partial charge on any atom is 0.0591 e. The summed E-state index contributed by atoms with van der Waals surface area (Å²) >= 11 is 3.52. The van der Waals surface area contributed by atoms with Gasteiger partial charge in [-0.15, -0.1) is 6.58 Å². The molecule has 0 aliphatic heterocycles. The Labute approximate surface area is 106 Å². The van der Waals surface area contributed by atoms with E-state index in [2.05, 4.69) is 40.0 Å². The van der Waals surface area contributed by atoms with Crippen LogP contribution < -0.4 is 5.32 Å². The molecular formula is C13H18BrNO. The molecule has 3 heteroatoms. The molecule has 0 aliphatic carbocycles. The Balaban J connectivity index is 2.07. The number of ether oxygens (including phenoxy) is 1. The Hall–Kier alpha value is -0.640. The Kier molecular flexibility index (Phi) is 7.14. The van der Waals surface area contributed by atoms with Gasteiger partial charge >= 0.3 is 0 Å². The van der Waals surface area contributed by atoms with Crippen LogP contribution >= 0.6 is 15.9 Å². The van der Waals surface area contributed by atoms with Gasteiger partial charge in [0.15, 0.2) is 0 Å². The quantitative estimate of drug-likeness (QED) is 0.585. The fourth-order valence-corrected chi connectivity index (χ4v) is 1.70. The van der Waals surface area contributed by atoms with Crippen LogP contribution in [-0.2, 0) is 11.3 Å². The first-order valence-corrected chi connectivity index (χ1v) is 6.26. The van der Waals surface area contributed by atoms with E-state index in [4.69, 9.17) is 4.74 Å². The Morgan fingerprint density at radius 2 is 2.12 bits per heavy atom. The average Bonchev–Trinajstić information content (AvgIpc) is 2.30. The summed E-state index contributed by atoms with van der Waals surface area (Å²) in [6, 6.07) is 8.22. The van der Waals surface area contributed by atoms with Crippen molar-refractivity contribution in [3.05, 3.63) is 47.0 Å². The van der Waals surface area contributed by atoms with Crippen molar-refractivity contribution >= 4 is 15.9 Å². The molecule has 1 N–H and O–H groups in total. The normalized spacial score (nSPS) is 10.3. The number of nitrogens with one attached hydrogen (secondary N) is 1. The van der Waals surface area contributed by atoms with E-state index >= 15 is 0 Å². The van der Waals surface area contributed by atoms with Crippen molar-refractivity contribution in [1.29, 1.82) is 0 Å². The van der Waals surface area contributed by atoms with Crippen molar-refractivity contribution in [2.45, 2.75) is 13.0 Å². The molecule has 0 saturated carbocycles. The lowest BCUT2D eigenvalue weighted by Crippen LogP contribution is -2.19. The van der Waals surface area contributed by atoms with Crippen LogP contribution in [0.3, 0.4) is 0 Å². The molecule has 2 nitrogen and oxygen atoms in total. The van der Waals surface area contributed by atoms with E-state index in [9.17, 15) is 0 Å². The van der Waals surface area contributed by atoms with Crippen LogP contribution in [0.5, 0.6) is 0 Å². The van der Waals surface area contributed by atoms with Gasteiger partial charge in [-0.1, -0.05) is 40.2 Å². The van der Waals surface area contributed by atoms with Gasteiger partial charge < -0.3 is 10.1 Å². The summed E-state index contributed by atoms with van der Waals surface area (Å²) in [4.78, 5) is 0. The first kappa shape index (κ1) is 13.4. The topological polar surface area (TPSA) is 21.3 Å². The van der Waals surface area contributed by atoms with Crippen LogP contribution in [0.1, 0.15) is 12.0 Å². The fraction of sp³-hybridized carbons (Fsp3) is 0.385. The zero-order valence-corrected chi connectivity index (χ0v) is 11.0. The van der Waals surface area contributed by atoms with Crippen molar-refractivity contribution in [1.82, 2.24) is 5.32 Å². The predicted molar refractivity (Wildman–Crippen MR) is 71.5 cm³/mol. The molecule has 0 spiro atoms. The molecule has 0 amide bonds. The van der Waals surface area contributed by atoms with E-state index < -0.39 is 0 Å². The van der Waals surface area contributed by atoms with E-state index in [1.165, 1.54) is 5.56 Å². The van der Waals surface area contributed by atoms with E-state index in [1.54, 1.807) is 0 Å². The van der Waals surface area contributed by atoms with Gasteiger partial charge in [0, 0.05) is 17.6 Å². The highest BCUT2D eigenvalue weighted by molar-refractivity contribution is 9.10. The first-order chi connectivity index (χ1) is 7.84. The zero-order chi connectivity index (χ0) is 11.6. The van der Waals surface area contributed by atoms with Crippen molar-refractivity contribution in [2.24, 2.45) is 0 Å². The Bertz CT molecular complexity index is 315. The van der Waals surface area contributed by atoms with Gasteiger partial charge in [0.05, 0.1) is 13.2 Å². The van der Waals surface area contributed by atoms with Crippen LogP contribution in [0.2, 0.25) is 0 Å². The molecule has 88 valence electrons. The molecule has 0 aromatic heterocycles. The second kappa shape index (κ2) is 8.50. The number of hydrogen-bond donors (Lipinski definition) is 1. The van der Waals surface area contributed by atoms with E-state index in [1.807, 2.05) is 18.2 Å². The third-order valence-corrected chi connectivity index (χ3v) is 2.94. The Morgan fingerprint density at radius 1 is 1.31 bits per heavy atom. The van der Waals surface area contributed by atoms with Crippen molar-refractivity contribution < 1.29 is 4.74 Å². The molecule has 0 atom stereocenters. The van der Waals surface area contributed by atoms with Crippen LogP contribution in [0, 0.1) is 0 Å². The summed E-state index contributed by atoms with van der Waals surface area (Å²) in [5, 5.41) is 3.34. The summed E-state index contributed by atoms with van der Waals surface area (Å²) in [5.41, 5.74) is 1.27. The maximum atomic E-state index is 5.40. The van der Waals surface area contributed by atoms with Gasteiger partial charge in [0.25, 0.3) is 0 Å². The third-order valence-electron chi connectivity index (χ3n) is 2.16. The monoisotopic (exact) mass is 283 g/mol. The molecule has 0 saturated heterocycles. The maximum absolute atomic E-state index is 5.40. The van der Waals surface area contributed by atoms with Gasteiger partial charge in [-0.25, -0.2) is 0 Å². The van der Waals surface area contributed by atoms with E-state index in [-0.39, 0.29) is 0 Å². The Morgan fingerprint density at radius 3 is 2.88 bits per heavy atom. The van der Waals surface area contributed by atoms with Crippen molar-refractivity contribution in [3.8, 4) is 0 Å². The minimum atomic E-state index is 0.748. The standard InChI is InChI=1S/C13H18BrNO/c1-2-3-9-16-10-8-15-11-12-6-4-5-7-13(12)14/h2,4-7,15H,1,3,8-11H2. The molecular weight excluding hydrogens is 266 g/mol. The lowest BCUT2D eigenvalue weighted by atomic mass is 10.2. The highest BCUT2D eigenvalue weighted by Gasteiger charge is 1.96. The van der Waals surface area contributed by atoms with Gasteiger partial charge in [0.2, 0.25) is 0 Å². The lowest BCUT2D eigenvalue weighted by molar-refractivity contribution is 0.140. The second-order valence-corrected chi connectivity index (χ2v) is 4.31. The highest BCUT2D eigenvalue weighted by atomic mass is 79.9. The summed E-state index contributed by atoms with van der Waals surface area (Å²) in [7, 11) is 0. The number of rotatable bonds is 8. The molecule has 0 bridgehead atoms. The molecule has 1 aromatic carbocycles. The van der Waals surface area contributed by atoms with Crippen LogP contribution in [0.25, 0.3) is 0 Å². The molecule has 0 unspecified atom stereocenters. The summed E-state index contributed by atoms with van der Waals surface area (Å²) in [6.07, 6.45) is 2.79. The second-order valence-electron chi connectivity index (χ2n) is 3.46. The van der Waals surface area contributed by atoms with Gasteiger partial charge in [-0.3, -0.25) is 0 Å². The molecule has 0 fully saturated rings. The summed E-state index contributed by atoms with van der Waals surface area (Å²) in [6.45, 7) is 6.90. The van der Waals surface area contributed by atoms with Crippen LogP contribution in [-0.4, -0.2) is 19.8 Å². The molecule has 0 heterocycles. The molecule has 1 aromatic rings. The van der Waals surface area contributed by atoms with Crippen molar-refractivity contribution in [3.63, 3.8) is 0 Å². The summed E-state index contributed by atoms with van der Waals surface area (Å²) in [5.74, 6) is 0. The lowest BCUT2D eigenvalue weighted by Gasteiger charge is -2.07. The fourth-order valence-electron chi connectivity index (χ4n) is 1.28. The van der Waals surface area contributed by atoms with Gasteiger partial charge in [0.1, 0.15) is 0 Å². The largest absolute Gasteiger partial charge is 0.380 e. The molecule has 1 rings (SSSR count). The molecule has 0 aliphatic rings. The van der Waals surface area contributed by atoms with E-state index in [0.717, 1.165) is 37.2 Å². The average molecular weight is 284 g/mol. The summed E-state index contributed by atoms with van der Waals surface area (Å²) < 4.78 is 6.54. The van der Waals surface area contributed by atoms with Gasteiger partial charge in [-0.05, 0) is 18.1 Å². The SMILES string of the molecule is C=CCCOCCNCc1ccccc1Br. The van der Waals surface area contributed by atoms with Crippen molar-refractivity contribution in [2.75, 3.05) is 19.8 Å². The van der Waals surface area contributed by atoms with Crippen LogP contribution in [0.4, 0.5) is 0 Å². The van der Waals surface area contributed by atoms with Crippen LogP contribution in [0.15, 0.2) is 41.4 Å². The first-order valence-electron chi connectivity index (χ1n) is 5.47. The molecule has 16 heavy (non-hydrogen) atoms. The smallest absolute Gasteiger partial charge is 0.0591 e. The van der Waals surface area contributed by atoms with E-state index in [0.29, 0.717) is 0 Å². The third kappa shape index (κ3) is 5.45. The molecule has 0 radical (unpaired) electrons. The number of halogens is 1. The zero-order valence-electron chi connectivity index (χ0n) is 9.42. The highest BCUT2D eigenvalue weighted by Crippen LogP contribution is 2.14. The predicted octanol–water partition coefficient (Wildman–Crippen LogP) is 3.13. The minimum absolute atomic E-state index is 0.748. The number of benzene rings is 1.